The molecule has 2 fully saturated rings. The molecule has 1 N–H and O–H groups in total. The number of ether oxygens (including phenoxy) is 1. The van der Waals surface area contributed by atoms with E-state index in [1.165, 1.54) is 6.07 Å². The molecule has 9 heteroatoms. The number of halogens is 3. The Morgan fingerprint density at radius 1 is 0.939 bits per heavy atom. The Labute approximate surface area is 190 Å². The van der Waals surface area contributed by atoms with Gasteiger partial charge < -0.3 is 19.9 Å². The molecule has 3 amide bonds. The molecule has 2 aliphatic heterocycles. The number of nitrogens with zero attached hydrogens (tertiary/aromatic N) is 2. The molecule has 0 aliphatic carbocycles. The maximum Gasteiger partial charge on any atom is 0.416 e. The van der Waals surface area contributed by atoms with E-state index in [-0.39, 0.29) is 17.9 Å². The van der Waals surface area contributed by atoms with Crippen molar-refractivity contribution in [1.29, 1.82) is 0 Å². The summed E-state index contributed by atoms with van der Waals surface area (Å²) in [5.74, 6) is -0.146. The van der Waals surface area contributed by atoms with Crippen molar-refractivity contribution in [2.75, 3.05) is 44.7 Å². The summed E-state index contributed by atoms with van der Waals surface area (Å²) in [4.78, 5) is 29.0. The van der Waals surface area contributed by atoms with Crippen LogP contribution in [0.15, 0.2) is 48.5 Å². The van der Waals surface area contributed by atoms with E-state index in [1.807, 2.05) is 4.90 Å². The highest BCUT2D eigenvalue weighted by Gasteiger charge is 2.32. The maximum atomic E-state index is 13.0. The van der Waals surface area contributed by atoms with Gasteiger partial charge in [0.05, 0.1) is 24.7 Å². The number of carbonyl (C=O) groups excluding carboxylic acids is 2. The van der Waals surface area contributed by atoms with Crippen LogP contribution in [0.4, 0.5) is 23.7 Å². The van der Waals surface area contributed by atoms with Crippen LogP contribution in [-0.4, -0.2) is 61.1 Å². The summed E-state index contributed by atoms with van der Waals surface area (Å²) < 4.78 is 44.2. The van der Waals surface area contributed by atoms with Crippen molar-refractivity contribution in [3.8, 4) is 11.1 Å². The van der Waals surface area contributed by atoms with Crippen molar-refractivity contribution in [2.24, 2.45) is 5.92 Å². The van der Waals surface area contributed by atoms with Gasteiger partial charge in [0, 0.05) is 31.9 Å². The van der Waals surface area contributed by atoms with Crippen LogP contribution in [0.5, 0.6) is 0 Å². The van der Waals surface area contributed by atoms with Crippen LogP contribution in [0.25, 0.3) is 11.1 Å². The zero-order chi connectivity index (χ0) is 23.4. The number of piperidine rings is 1. The smallest absolute Gasteiger partial charge is 0.378 e. The molecule has 2 heterocycles. The van der Waals surface area contributed by atoms with Crippen molar-refractivity contribution in [1.82, 2.24) is 9.80 Å². The van der Waals surface area contributed by atoms with Crippen molar-refractivity contribution in [2.45, 2.75) is 19.0 Å². The van der Waals surface area contributed by atoms with Gasteiger partial charge in [-0.2, -0.15) is 13.2 Å². The number of likely N-dealkylation sites (tertiary alicyclic amines) is 1. The van der Waals surface area contributed by atoms with E-state index in [0.29, 0.717) is 56.2 Å². The molecule has 0 aromatic heterocycles. The van der Waals surface area contributed by atoms with Gasteiger partial charge in [-0.1, -0.05) is 24.3 Å². The maximum absolute atomic E-state index is 13.0. The number of nitrogens with one attached hydrogen (secondary N) is 1. The monoisotopic (exact) mass is 461 g/mol. The Hall–Kier alpha value is -3.07. The molecule has 176 valence electrons. The van der Waals surface area contributed by atoms with Crippen LogP contribution in [-0.2, 0) is 15.7 Å². The van der Waals surface area contributed by atoms with Crippen LogP contribution >= 0.6 is 0 Å². The summed E-state index contributed by atoms with van der Waals surface area (Å²) in [6.07, 6.45) is -2.90. The van der Waals surface area contributed by atoms with Crippen LogP contribution < -0.4 is 5.32 Å². The van der Waals surface area contributed by atoms with E-state index in [2.05, 4.69) is 5.32 Å². The van der Waals surface area contributed by atoms with E-state index < -0.39 is 11.7 Å². The summed E-state index contributed by atoms with van der Waals surface area (Å²) in [6, 6.07) is 11.5. The first-order valence-corrected chi connectivity index (χ1v) is 11.0. The lowest BCUT2D eigenvalue weighted by Gasteiger charge is -2.36. The lowest BCUT2D eigenvalue weighted by molar-refractivity contribution is -0.141. The van der Waals surface area contributed by atoms with Crippen LogP contribution in [0, 0.1) is 5.92 Å². The number of anilines is 1. The highest BCUT2D eigenvalue weighted by molar-refractivity contribution is 5.90. The molecule has 0 bridgehead atoms. The Balaban J connectivity index is 1.37. The Morgan fingerprint density at radius 3 is 2.36 bits per heavy atom. The topological polar surface area (TPSA) is 61.9 Å². The minimum atomic E-state index is -4.40. The minimum Gasteiger partial charge on any atom is -0.378 e. The molecule has 6 nitrogen and oxygen atoms in total. The number of morpholine rings is 1. The average molecular weight is 461 g/mol. The quantitative estimate of drug-likeness (QED) is 0.734. The summed E-state index contributed by atoms with van der Waals surface area (Å²) in [6.45, 7) is 3.18. The number of amides is 3. The average Bonchev–Trinajstić information content (AvgIpc) is 2.84. The number of hydrogen-bond acceptors (Lipinski definition) is 3. The van der Waals surface area contributed by atoms with Crippen LogP contribution in [0.2, 0.25) is 0 Å². The summed E-state index contributed by atoms with van der Waals surface area (Å²) >= 11 is 0. The lowest BCUT2D eigenvalue weighted by atomic mass is 9.96. The number of urea groups is 1. The number of rotatable bonds is 3. The minimum absolute atomic E-state index is 0.0706. The third-order valence-corrected chi connectivity index (χ3v) is 6.04. The molecule has 0 spiro atoms. The summed E-state index contributed by atoms with van der Waals surface area (Å²) in [5.41, 5.74) is 0.900. The van der Waals surface area contributed by atoms with Gasteiger partial charge in [-0.15, -0.1) is 0 Å². The highest BCUT2D eigenvalue weighted by atomic mass is 19.4. The number of alkyl halides is 3. The molecule has 2 aromatic rings. The first-order valence-electron chi connectivity index (χ1n) is 11.0. The van der Waals surface area contributed by atoms with Gasteiger partial charge in [0.25, 0.3) is 0 Å². The Bertz CT molecular complexity index is 988. The van der Waals surface area contributed by atoms with E-state index in [9.17, 15) is 22.8 Å². The molecule has 2 aromatic carbocycles. The van der Waals surface area contributed by atoms with Gasteiger partial charge in [0.1, 0.15) is 0 Å². The number of carbonyl (C=O) groups is 2. The van der Waals surface area contributed by atoms with E-state index in [0.717, 1.165) is 25.0 Å². The van der Waals surface area contributed by atoms with E-state index in [1.54, 1.807) is 35.2 Å². The van der Waals surface area contributed by atoms with E-state index >= 15 is 0 Å². The molecule has 33 heavy (non-hydrogen) atoms. The molecule has 2 aliphatic rings. The fourth-order valence-electron chi connectivity index (χ4n) is 4.23. The molecule has 1 atom stereocenters. The lowest BCUT2D eigenvalue weighted by Crippen LogP contribution is -2.50. The predicted molar refractivity (Wildman–Crippen MR) is 118 cm³/mol. The fraction of sp³-hybridized carbons (Fsp3) is 0.417. The molecular formula is C24H26F3N3O3. The Kier molecular flexibility index (Phi) is 6.88. The standard InChI is InChI=1S/C24H26F3N3O3/c25-24(26,27)20-5-1-3-18(15-20)17-6-8-21(9-7-17)28-23(32)30-10-2-4-19(16-30)22(31)29-11-13-33-14-12-29/h1,3,5-9,15,19H,2,4,10-14,16H2,(H,28,32). The zero-order valence-corrected chi connectivity index (χ0v) is 18.1. The first-order chi connectivity index (χ1) is 15.8. The summed E-state index contributed by atoms with van der Waals surface area (Å²) in [7, 11) is 0. The molecule has 4 rings (SSSR count). The third-order valence-electron chi connectivity index (χ3n) is 6.04. The van der Waals surface area contributed by atoms with Crippen molar-refractivity contribution in [3.05, 3.63) is 54.1 Å². The highest BCUT2D eigenvalue weighted by Crippen LogP contribution is 2.32. The fourth-order valence-corrected chi connectivity index (χ4v) is 4.23. The van der Waals surface area contributed by atoms with Gasteiger partial charge in [-0.3, -0.25) is 4.79 Å². The normalized spacial score (nSPS) is 19.3. The molecule has 2 saturated heterocycles. The van der Waals surface area contributed by atoms with Gasteiger partial charge >= 0.3 is 12.2 Å². The number of hydrogen-bond donors (Lipinski definition) is 1. The van der Waals surface area contributed by atoms with Crippen molar-refractivity contribution >= 4 is 17.6 Å². The molecular weight excluding hydrogens is 435 g/mol. The van der Waals surface area contributed by atoms with Crippen LogP contribution in [0.3, 0.4) is 0 Å². The molecule has 0 radical (unpaired) electrons. The second kappa shape index (κ2) is 9.82. The molecule has 1 unspecified atom stereocenters. The molecule has 0 saturated carbocycles. The van der Waals surface area contributed by atoms with E-state index in [4.69, 9.17) is 4.74 Å². The SMILES string of the molecule is O=C(Nc1ccc(-c2cccc(C(F)(F)F)c2)cc1)N1CCCC(C(=O)N2CCOCC2)C1. The second-order valence-electron chi connectivity index (χ2n) is 8.31. The number of benzene rings is 2. The van der Waals surface area contributed by atoms with Crippen molar-refractivity contribution in [3.63, 3.8) is 0 Å². The van der Waals surface area contributed by atoms with Crippen molar-refractivity contribution < 1.29 is 27.5 Å². The zero-order valence-electron chi connectivity index (χ0n) is 18.1. The predicted octanol–water partition coefficient (Wildman–Crippen LogP) is 4.48. The largest absolute Gasteiger partial charge is 0.416 e. The Morgan fingerprint density at radius 2 is 1.67 bits per heavy atom. The first kappa shape index (κ1) is 23.1. The second-order valence-corrected chi connectivity index (χ2v) is 8.31. The summed E-state index contributed by atoms with van der Waals surface area (Å²) in [5, 5.41) is 2.83. The van der Waals surface area contributed by atoms with Gasteiger partial charge in [0.15, 0.2) is 0 Å². The van der Waals surface area contributed by atoms with Gasteiger partial charge in [0.2, 0.25) is 5.91 Å². The van der Waals surface area contributed by atoms with Gasteiger partial charge in [-0.25, -0.2) is 4.79 Å². The third kappa shape index (κ3) is 5.65. The van der Waals surface area contributed by atoms with Crippen LogP contribution in [0.1, 0.15) is 18.4 Å². The van der Waals surface area contributed by atoms with Gasteiger partial charge in [-0.05, 0) is 48.2 Å².